The van der Waals surface area contributed by atoms with Crippen LogP contribution in [0.25, 0.3) is 11.0 Å². The van der Waals surface area contributed by atoms with Crippen molar-refractivity contribution in [1.29, 1.82) is 0 Å². The maximum Gasteiger partial charge on any atom is 0.310 e. The Morgan fingerprint density at radius 3 is 2.71 bits per heavy atom. The van der Waals surface area contributed by atoms with E-state index in [1.807, 2.05) is 43.3 Å². The van der Waals surface area contributed by atoms with Crippen molar-refractivity contribution in [3.8, 4) is 5.75 Å². The zero-order valence-electron chi connectivity index (χ0n) is 17.1. The molecule has 0 fully saturated rings. The average molecular weight is 419 g/mol. The number of fused-ring (bicyclic) bond motifs is 1. The minimum atomic E-state index is -0.439. The third-order valence-electron chi connectivity index (χ3n) is 4.57. The number of nitrogens with two attached hydrogens (primary N) is 1. The number of methoxy groups -OCH3 is 1. The maximum atomic E-state index is 12.3. The summed E-state index contributed by atoms with van der Waals surface area (Å²) in [5.41, 5.74) is 9.08. The Morgan fingerprint density at radius 1 is 1.13 bits per heavy atom. The van der Waals surface area contributed by atoms with Gasteiger partial charge in [0.2, 0.25) is 11.9 Å². The van der Waals surface area contributed by atoms with E-state index in [0.717, 1.165) is 22.2 Å². The van der Waals surface area contributed by atoms with Gasteiger partial charge in [-0.1, -0.05) is 17.7 Å². The number of aromatic nitrogens is 3. The highest BCUT2D eigenvalue weighted by Gasteiger charge is 2.14. The number of ether oxygens (including phenoxy) is 2. The summed E-state index contributed by atoms with van der Waals surface area (Å²) >= 11 is 0. The highest BCUT2D eigenvalue weighted by molar-refractivity contribution is 5.86. The summed E-state index contributed by atoms with van der Waals surface area (Å²) in [6.07, 6.45) is 1.59. The van der Waals surface area contributed by atoms with E-state index < -0.39 is 5.97 Å². The van der Waals surface area contributed by atoms with Crippen LogP contribution in [-0.2, 0) is 22.6 Å². The Kier molecular flexibility index (Phi) is 5.65. The summed E-state index contributed by atoms with van der Waals surface area (Å²) in [6, 6.07) is 13.1. The van der Waals surface area contributed by atoms with Gasteiger partial charge in [0.05, 0.1) is 19.8 Å². The van der Waals surface area contributed by atoms with Crippen LogP contribution in [0, 0.1) is 6.92 Å². The smallest absolute Gasteiger partial charge is 0.310 e. The number of rotatable bonds is 7. The van der Waals surface area contributed by atoms with E-state index in [1.54, 1.807) is 13.2 Å². The van der Waals surface area contributed by atoms with Gasteiger partial charge in [0.25, 0.3) is 0 Å². The number of nitrogens with one attached hydrogen (secondary N) is 1. The molecule has 0 radical (unpaired) electrons. The lowest BCUT2D eigenvalue weighted by Crippen LogP contribution is -2.12. The SMILES string of the molecule is COc1ccc2c(CC(=O)OCc3nc(N)nc(Nc4ccc(C)cc4)n3)coc2c1. The molecule has 0 bridgehead atoms. The largest absolute Gasteiger partial charge is 0.497 e. The van der Waals surface area contributed by atoms with Crippen LogP contribution in [0.5, 0.6) is 5.75 Å². The van der Waals surface area contributed by atoms with E-state index in [9.17, 15) is 4.79 Å². The van der Waals surface area contributed by atoms with Crippen molar-refractivity contribution < 1.29 is 18.7 Å². The van der Waals surface area contributed by atoms with E-state index >= 15 is 0 Å². The number of nitrogen functional groups attached to an aromatic ring is 1. The molecule has 4 rings (SSSR count). The Hall–Kier alpha value is -4.14. The molecule has 0 saturated carbocycles. The lowest BCUT2D eigenvalue weighted by Gasteiger charge is -2.08. The van der Waals surface area contributed by atoms with Gasteiger partial charge in [-0.3, -0.25) is 4.79 Å². The van der Waals surface area contributed by atoms with Gasteiger partial charge in [0.1, 0.15) is 11.3 Å². The first-order chi connectivity index (χ1) is 15.0. The molecule has 0 aliphatic heterocycles. The van der Waals surface area contributed by atoms with Crippen molar-refractivity contribution in [2.24, 2.45) is 0 Å². The number of benzene rings is 2. The highest BCUT2D eigenvalue weighted by Crippen LogP contribution is 2.26. The molecule has 0 amide bonds. The zero-order chi connectivity index (χ0) is 21.8. The molecule has 0 saturated heterocycles. The van der Waals surface area contributed by atoms with E-state index in [-0.39, 0.29) is 30.7 Å². The molecule has 4 aromatic rings. The first-order valence-corrected chi connectivity index (χ1v) is 9.54. The van der Waals surface area contributed by atoms with Crippen LogP contribution < -0.4 is 15.8 Å². The second kappa shape index (κ2) is 8.70. The Bertz CT molecular complexity index is 1220. The number of esters is 1. The fourth-order valence-electron chi connectivity index (χ4n) is 3.00. The van der Waals surface area contributed by atoms with Gasteiger partial charge < -0.3 is 24.9 Å². The molecule has 0 aliphatic carbocycles. The summed E-state index contributed by atoms with van der Waals surface area (Å²) in [5.74, 6) is 0.795. The van der Waals surface area contributed by atoms with Crippen LogP contribution in [0.4, 0.5) is 17.6 Å². The topological polar surface area (TPSA) is 125 Å². The quantitative estimate of drug-likeness (QED) is 0.433. The first-order valence-electron chi connectivity index (χ1n) is 9.54. The van der Waals surface area contributed by atoms with Crippen molar-refractivity contribution in [3.63, 3.8) is 0 Å². The fraction of sp³-hybridized carbons (Fsp3) is 0.182. The fourth-order valence-corrected chi connectivity index (χ4v) is 3.00. The third-order valence-corrected chi connectivity index (χ3v) is 4.57. The average Bonchev–Trinajstić information content (AvgIpc) is 3.15. The van der Waals surface area contributed by atoms with Crippen LogP contribution in [-0.4, -0.2) is 28.0 Å². The van der Waals surface area contributed by atoms with E-state index in [4.69, 9.17) is 19.6 Å². The third kappa shape index (κ3) is 4.89. The normalized spacial score (nSPS) is 10.8. The summed E-state index contributed by atoms with van der Waals surface area (Å²) in [5, 5.41) is 3.89. The Labute approximate surface area is 178 Å². The van der Waals surface area contributed by atoms with Crippen molar-refractivity contribution in [3.05, 3.63) is 65.7 Å². The Morgan fingerprint density at radius 2 is 1.94 bits per heavy atom. The molecule has 2 heterocycles. The van der Waals surface area contributed by atoms with E-state index in [2.05, 4.69) is 20.3 Å². The summed E-state index contributed by atoms with van der Waals surface area (Å²) in [6.45, 7) is 1.87. The number of furan rings is 1. The minimum Gasteiger partial charge on any atom is -0.497 e. The predicted octanol–water partition coefficient (Wildman–Crippen LogP) is 3.55. The van der Waals surface area contributed by atoms with Gasteiger partial charge in [0, 0.05) is 22.7 Å². The maximum absolute atomic E-state index is 12.3. The minimum absolute atomic E-state index is 0.0328. The molecule has 9 nitrogen and oxygen atoms in total. The number of anilines is 3. The van der Waals surface area contributed by atoms with Crippen molar-refractivity contribution in [2.45, 2.75) is 20.0 Å². The molecule has 0 atom stereocenters. The highest BCUT2D eigenvalue weighted by atomic mass is 16.5. The van der Waals surface area contributed by atoms with Gasteiger partial charge in [-0.05, 0) is 31.2 Å². The second-order valence-corrected chi connectivity index (χ2v) is 6.88. The van der Waals surface area contributed by atoms with Gasteiger partial charge in [-0.15, -0.1) is 0 Å². The standard InChI is InChI=1S/C22H21N5O4/c1-13-3-5-15(6-4-13)24-22-26-19(25-21(23)27-22)12-31-20(28)9-14-11-30-18-10-16(29-2)7-8-17(14)18/h3-8,10-11H,9,12H2,1-2H3,(H3,23,24,25,26,27). The first kappa shape index (κ1) is 20.1. The molecule has 2 aromatic heterocycles. The van der Waals surface area contributed by atoms with Gasteiger partial charge in [0.15, 0.2) is 12.4 Å². The van der Waals surface area contributed by atoms with Gasteiger partial charge in [-0.2, -0.15) is 15.0 Å². The number of hydrogen-bond donors (Lipinski definition) is 2. The number of hydrogen-bond acceptors (Lipinski definition) is 9. The number of nitrogens with zero attached hydrogens (tertiary/aromatic N) is 3. The lowest BCUT2D eigenvalue weighted by molar-refractivity contribution is -0.144. The zero-order valence-corrected chi connectivity index (χ0v) is 17.1. The molecule has 2 aromatic carbocycles. The molecule has 0 spiro atoms. The van der Waals surface area contributed by atoms with Crippen LogP contribution in [0.15, 0.2) is 53.1 Å². The predicted molar refractivity (Wildman–Crippen MR) is 115 cm³/mol. The molecular weight excluding hydrogens is 398 g/mol. The summed E-state index contributed by atoms with van der Waals surface area (Å²) in [7, 11) is 1.58. The van der Waals surface area contributed by atoms with Crippen LogP contribution in [0.2, 0.25) is 0 Å². The van der Waals surface area contributed by atoms with Crippen LogP contribution >= 0.6 is 0 Å². The van der Waals surface area contributed by atoms with Gasteiger partial charge >= 0.3 is 5.97 Å². The molecule has 9 heteroatoms. The molecule has 3 N–H and O–H groups in total. The Balaban J connectivity index is 1.40. The van der Waals surface area contributed by atoms with Crippen molar-refractivity contribution in [2.75, 3.05) is 18.2 Å². The lowest BCUT2D eigenvalue weighted by atomic mass is 10.1. The number of aryl methyl sites for hydroxylation is 1. The molecule has 0 aliphatic rings. The van der Waals surface area contributed by atoms with E-state index in [0.29, 0.717) is 11.3 Å². The van der Waals surface area contributed by atoms with Crippen molar-refractivity contribution >= 4 is 34.5 Å². The monoisotopic (exact) mass is 419 g/mol. The molecular formula is C22H21N5O4. The molecule has 0 unspecified atom stereocenters. The van der Waals surface area contributed by atoms with Gasteiger partial charge in [-0.25, -0.2) is 0 Å². The van der Waals surface area contributed by atoms with Crippen LogP contribution in [0.1, 0.15) is 17.0 Å². The summed E-state index contributed by atoms with van der Waals surface area (Å²) < 4.78 is 16.0. The summed E-state index contributed by atoms with van der Waals surface area (Å²) in [4.78, 5) is 24.7. The van der Waals surface area contributed by atoms with Crippen LogP contribution in [0.3, 0.4) is 0 Å². The molecule has 31 heavy (non-hydrogen) atoms. The van der Waals surface area contributed by atoms with E-state index in [1.165, 1.54) is 6.26 Å². The second-order valence-electron chi connectivity index (χ2n) is 6.88. The number of carbonyl (C=O) groups excluding carboxylic acids is 1. The molecule has 158 valence electrons. The van der Waals surface area contributed by atoms with Crippen molar-refractivity contribution in [1.82, 2.24) is 15.0 Å². The number of carbonyl (C=O) groups is 1.